The molecule has 0 bridgehead atoms. The van der Waals surface area contributed by atoms with Gasteiger partial charge in [0.25, 0.3) is 0 Å². The fourth-order valence-electron chi connectivity index (χ4n) is 3.04. The maximum absolute atomic E-state index is 13.4. The van der Waals surface area contributed by atoms with E-state index in [-0.39, 0.29) is 6.54 Å². The molecule has 4 nitrogen and oxygen atoms in total. The van der Waals surface area contributed by atoms with Crippen LogP contribution in [0.2, 0.25) is 0 Å². The van der Waals surface area contributed by atoms with Crippen molar-refractivity contribution in [2.75, 3.05) is 0 Å². The first kappa shape index (κ1) is 18.0. The van der Waals surface area contributed by atoms with Gasteiger partial charge in [0, 0.05) is 11.8 Å². The average molecular weight is 387 g/mol. The Morgan fingerprint density at radius 1 is 1.00 bits per heavy atom. The van der Waals surface area contributed by atoms with Gasteiger partial charge < -0.3 is 0 Å². The number of aromatic amines is 1. The van der Waals surface area contributed by atoms with Gasteiger partial charge in [-0.2, -0.15) is 13.2 Å². The number of hydrogen-bond donors (Lipinski definition) is 1. The van der Waals surface area contributed by atoms with Gasteiger partial charge in [0.2, 0.25) is 0 Å². The molecule has 4 aromatic rings. The van der Waals surface area contributed by atoms with Crippen molar-refractivity contribution in [1.82, 2.24) is 14.5 Å². The third-order valence-corrected chi connectivity index (χ3v) is 4.38. The van der Waals surface area contributed by atoms with Crippen LogP contribution in [0.3, 0.4) is 0 Å². The van der Waals surface area contributed by atoms with Gasteiger partial charge in [0.15, 0.2) is 5.65 Å². The number of alkyl halides is 3. The van der Waals surface area contributed by atoms with E-state index in [2.05, 4.69) is 9.97 Å². The minimum atomic E-state index is -4.46. The average Bonchev–Trinajstić information content (AvgIpc) is 2.96. The second kappa shape index (κ2) is 6.63. The van der Waals surface area contributed by atoms with Crippen LogP contribution in [-0.2, 0) is 12.7 Å². The van der Waals surface area contributed by atoms with Gasteiger partial charge in [0.05, 0.1) is 17.6 Å². The highest BCUT2D eigenvalue weighted by Crippen LogP contribution is 2.32. The molecular formula is C20H13F4N3O. The van der Waals surface area contributed by atoms with E-state index in [0.717, 1.165) is 12.1 Å². The Morgan fingerprint density at radius 3 is 2.54 bits per heavy atom. The smallest absolute Gasteiger partial charge is 0.290 e. The van der Waals surface area contributed by atoms with Gasteiger partial charge in [-0.3, -0.25) is 9.55 Å². The van der Waals surface area contributed by atoms with Gasteiger partial charge in [0.1, 0.15) is 5.82 Å². The van der Waals surface area contributed by atoms with E-state index in [0.29, 0.717) is 27.9 Å². The monoisotopic (exact) mass is 387 g/mol. The molecule has 28 heavy (non-hydrogen) atoms. The first-order chi connectivity index (χ1) is 13.3. The van der Waals surface area contributed by atoms with Gasteiger partial charge in [-0.1, -0.05) is 24.3 Å². The second-order valence-electron chi connectivity index (χ2n) is 6.32. The lowest BCUT2D eigenvalue weighted by molar-refractivity contribution is -0.137. The summed E-state index contributed by atoms with van der Waals surface area (Å²) in [5.74, 6) is -0.423. The van der Waals surface area contributed by atoms with Crippen molar-refractivity contribution < 1.29 is 17.6 Å². The van der Waals surface area contributed by atoms with E-state index >= 15 is 0 Å². The summed E-state index contributed by atoms with van der Waals surface area (Å²) in [6, 6.07) is 12.3. The first-order valence-electron chi connectivity index (χ1n) is 8.32. The molecule has 0 saturated heterocycles. The number of aromatic nitrogens is 3. The summed E-state index contributed by atoms with van der Waals surface area (Å²) < 4.78 is 53.7. The van der Waals surface area contributed by atoms with Crippen molar-refractivity contribution in [2.24, 2.45) is 0 Å². The largest absolute Gasteiger partial charge is 0.416 e. The standard InChI is InChI=1S/C20H13F4N3O/c21-16-6-1-3-12(7-16)11-27-17-9-14(10-25-18(17)26-19(27)28)13-4-2-5-15(8-13)20(22,23)24/h1-10H,11H2,(H,25,26,28). The molecule has 0 aliphatic carbocycles. The quantitative estimate of drug-likeness (QED) is 0.523. The minimum absolute atomic E-state index is 0.102. The number of benzene rings is 2. The van der Waals surface area contributed by atoms with Crippen LogP contribution >= 0.6 is 0 Å². The fourth-order valence-corrected chi connectivity index (χ4v) is 3.04. The molecular weight excluding hydrogens is 374 g/mol. The zero-order valence-electron chi connectivity index (χ0n) is 14.3. The highest BCUT2D eigenvalue weighted by atomic mass is 19.4. The van der Waals surface area contributed by atoms with Crippen molar-refractivity contribution >= 4 is 11.2 Å². The number of pyridine rings is 1. The Hall–Kier alpha value is -3.42. The van der Waals surface area contributed by atoms with E-state index in [1.54, 1.807) is 18.2 Å². The lowest BCUT2D eigenvalue weighted by Gasteiger charge is -2.09. The SMILES string of the molecule is O=c1[nH]c2ncc(-c3cccc(C(F)(F)F)c3)cc2n1Cc1cccc(F)c1. The van der Waals surface area contributed by atoms with Gasteiger partial charge >= 0.3 is 11.9 Å². The number of rotatable bonds is 3. The zero-order chi connectivity index (χ0) is 19.9. The summed E-state index contributed by atoms with van der Waals surface area (Å²) in [7, 11) is 0. The number of imidazole rings is 1. The lowest BCUT2D eigenvalue weighted by atomic mass is 10.0. The predicted octanol–water partition coefficient (Wildman–Crippen LogP) is 4.60. The van der Waals surface area contributed by atoms with Crippen molar-refractivity contribution in [2.45, 2.75) is 12.7 Å². The van der Waals surface area contributed by atoms with E-state index in [1.165, 1.54) is 35.0 Å². The van der Waals surface area contributed by atoms with Crippen LogP contribution in [-0.4, -0.2) is 14.5 Å². The topological polar surface area (TPSA) is 50.7 Å². The van der Waals surface area contributed by atoms with Crippen LogP contribution in [0.25, 0.3) is 22.3 Å². The summed E-state index contributed by atoms with van der Waals surface area (Å²) >= 11 is 0. The lowest BCUT2D eigenvalue weighted by Crippen LogP contribution is -2.17. The van der Waals surface area contributed by atoms with Crippen LogP contribution in [0.5, 0.6) is 0 Å². The highest BCUT2D eigenvalue weighted by molar-refractivity contribution is 5.78. The number of hydrogen-bond acceptors (Lipinski definition) is 2. The van der Waals surface area contributed by atoms with E-state index in [1.807, 2.05) is 0 Å². The second-order valence-corrected chi connectivity index (χ2v) is 6.32. The first-order valence-corrected chi connectivity index (χ1v) is 8.32. The van der Waals surface area contributed by atoms with Crippen molar-refractivity contribution in [3.8, 4) is 11.1 Å². The fraction of sp³-hybridized carbons (Fsp3) is 0.100. The molecule has 8 heteroatoms. The number of nitrogens with zero attached hydrogens (tertiary/aromatic N) is 2. The van der Waals surface area contributed by atoms with Crippen LogP contribution in [0, 0.1) is 5.82 Å². The summed E-state index contributed by atoms with van der Waals surface area (Å²) in [5.41, 5.74) is 0.860. The van der Waals surface area contributed by atoms with Gasteiger partial charge in [-0.15, -0.1) is 0 Å². The van der Waals surface area contributed by atoms with Crippen LogP contribution in [0.15, 0.2) is 65.6 Å². The highest BCUT2D eigenvalue weighted by Gasteiger charge is 2.30. The van der Waals surface area contributed by atoms with E-state index < -0.39 is 23.2 Å². The van der Waals surface area contributed by atoms with Crippen LogP contribution in [0.4, 0.5) is 17.6 Å². The number of nitrogens with one attached hydrogen (secondary N) is 1. The van der Waals surface area contributed by atoms with Gasteiger partial charge in [-0.05, 0) is 41.5 Å². The number of halogens is 4. The Morgan fingerprint density at radius 2 is 1.79 bits per heavy atom. The molecule has 0 aliphatic rings. The molecule has 1 N–H and O–H groups in total. The molecule has 4 rings (SSSR count). The molecule has 0 radical (unpaired) electrons. The molecule has 2 heterocycles. The van der Waals surface area contributed by atoms with Crippen LogP contribution < -0.4 is 5.69 Å². The normalized spacial score (nSPS) is 11.9. The summed E-state index contributed by atoms with van der Waals surface area (Å²) in [5, 5.41) is 0. The van der Waals surface area contributed by atoms with Crippen molar-refractivity contribution in [1.29, 1.82) is 0 Å². The van der Waals surface area contributed by atoms with Crippen molar-refractivity contribution in [3.05, 3.63) is 88.2 Å². The molecule has 0 aliphatic heterocycles. The Labute approximate surface area is 156 Å². The molecule has 2 aromatic heterocycles. The molecule has 0 saturated carbocycles. The maximum Gasteiger partial charge on any atom is 0.416 e. The molecule has 0 amide bonds. The van der Waals surface area contributed by atoms with E-state index in [4.69, 9.17) is 0 Å². The van der Waals surface area contributed by atoms with Gasteiger partial charge in [-0.25, -0.2) is 14.2 Å². The third-order valence-electron chi connectivity index (χ3n) is 4.38. The minimum Gasteiger partial charge on any atom is -0.290 e. The summed E-state index contributed by atoms with van der Waals surface area (Å²) in [6.45, 7) is 0.102. The Kier molecular flexibility index (Phi) is 4.26. The van der Waals surface area contributed by atoms with Crippen molar-refractivity contribution in [3.63, 3.8) is 0 Å². The molecule has 0 spiro atoms. The third kappa shape index (κ3) is 3.40. The number of H-pyrrole nitrogens is 1. The van der Waals surface area contributed by atoms with Crippen LogP contribution in [0.1, 0.15) is 11.1 Å². The molecule has 0 atom stereocenters. The summed E-state index contributed by atoms with van der Waals surface area (Å²) in [4.78, 5) is 19.0. The molecule has 2 aromatic carbocycles. The number of fused-ring (bicyclic) bond motifs is 1. The zero-order valence-corrected chi connectivity index (χ0v) is 14.3. The molecule has 0 fully saturated rings. The molecule has 142 valence electrons. The Bertz CT molecular complexity index is 1220. The maximum atomic E-state index is 13.4. The predicted molar refractivity (Wildman–Crippen MR) is 96.3 cm³/mol. The van der Waals surface area contributed by atoms with E-state index in [9.17, 15) is 22.4 Å². The Balaban J connectivity index is 1.80. The summed E-state index contributed by atoms with van der Waals surface area (Å²) in [6.07, 6.45) is -3.05. The molecule has 0 unspecified atom stereocenters.